The lowest BCUT2D eigenvalue weighted by Crippen LogP contribution is -2.31. The molecule has 1 atom stereocenters. The second-order valence-electron chi connectivity index (χ2n) is 9.57. The van der Waals surface area contributed by atoms with Crippen LogP contribution in [0.3, 0.4) is 0 Å². The van der Waals surface area contributed by atoms with E-state index in [0.717, 1.165) is 0 Å². The summed E-state index contributed by atoms with van der Waals surface area (Å²) < 4.78 is 0. The molecule has 2 aromatic carbocycles. The van der Waals surface area contributed by atoms with Crippen molar-refractivity contribution in [3.63, 3.8) is 0 Å². The van der Waals surface area contributed by atoms with E-state index >= 15 is 0 Å². The molecule has 16 heteroatoms. The molecular formula is C27H31N11O5. The maximum atomic E-state index is 13.0. The Morgan fingerprint density at radius 3 is 2.23 bits per heavy atom. The number of hydrogen-bond donors (Lipinski definition) is 10. The van der Waals surface area contributed by atoms with Gasteiger partial charge in [-0.05, 0) is 42.0 Å². The number of fused-ring (bicyclic) bond motifs is 2. The van der Waals surface area contributed by atoms with Crippen LogP contribution in [-0.4, -0.2) is 76.9 Å². The largest absolute Gasteiger partial charge is 0.477 e. The molecule has 0 aliphatic carbocycles. The number of guanidine groups is 2. The Morgan fingerprint density at radius 1 is 0.837 bits per heavy atom. The SMILES string of the molecule is NC(=O)c1c(C(=O)NCCN=C(N)N)[nH]c2ccc(C(CN=C(N)N)CNC(=O)c3ccc4[nH]c(C(=O)O)cc4c3)cc12. The minimum atomic E-state index is -1.11. The van der Waals surface area contributed by atoms with Crippen molar-refractivity contribution in [2.45, 2.75) is 5.92 Å². The number of aromatic amines is 2. The standard InChI is InChI=1S/C27H31N11O5/c28-22(39)20-16-8-12(1-4-18(16)38-21(20)24(41)33-5-6-34-26(29)30)15(11-36-27(31)32)10-35-23(40)13-2-3-17-14(7-13)9-19(37-17)25(42)43/h1-4,7-9,15,37-38H,5-6,10-11H2,(H2,28,39)(H,33,41)(H,35,40)(H,42,43)(H4,29,30,34)(H4,31,32,36). The van der Waals surface area contributed by atoms with Crippen molar-refractivity contribution in [1.82, 2.24) is 20.6 Å². The molecule has 224 valence electrons. The van der Waals surface area contributed by atoms with Crippen molar-refractivity contribution in [2.24, 2.45) is 38.7 Å². The van der Waals surface area contributed by atoms with E-state index in [2.05, 4.69) is 30.6 Å². The van der Waals surface area contributed by atoms with Crippen LogP contribution in [0, 0.1) is 0 Å². The Hall–Kier alpha value is -6.06. The van der Waals surface area contributed by atoms with Gasteiger partial charge in [-0.1, -0.05) is 6.07 Å². The summed E-state index contributed by atoms with van der Waals surface area (Å²) in [5.41, 5.74) is 29.4. The molecule has 4 rings (SSSR count). The normalized spacial score (nSPS) is 11.5. The molecule has 4 aromatic rings. The zero-order valence-corrected chi connectivity index (χ0v) is 22.8. The number of carboxylic acids is 1. The molecule has 0 aliphatic rings. The van der Waals surface area contributed by atoms with E-state index in [-0.39, 0.29) is 55.0 Å². The molecule has 0 fully saturated rings. The Bertz CT molecular complexity index is 1780. The van der Waals surface area contributed by atoms with Gasteiger partial charge < -0.3 is 54.4 Å². The number of carboxylic acid groups (broad SMARTS) is 1. The summed E-state index contributed by atoms with van der Waals surface area (Å²) in [6, 6.07) is 11.3. The number of rotatable bonds is 12. The summed E-state index contributed by atoms with van der Waals surface area (Å²) >= 11 is 0. The molecule has 0 saturated carbocycles. The van der Waals surface area contributed by atoms with Crippen LogP contribution in [0.5, 0.6) is 0 Å². The molecule has 0 radical (unpaired) electrons. The number of aliphatic imine (C=N–C) groups is 2. The maximum Gasteiger partial charge on any atom is 0.352 e. The van der Waals surface area contributed by atoms with E-state index in [9.17, 15) is 24.3 Å². The van der Waals surface area contributed by atoms with Crippen LogP contribution < -0.4 is 39.3 Å². The van der Waals surface area contributed by atoms with Gasteiger partial charge in [0.25, 0.3) is 17.7 Å². The van der Waals surface area contributed by atoms with Gasteiger partial charge in [0, 0.05) is 46.4 Å². The monoisotopic (exact) mass is 589 g/mol. The fourth-order valence-electron chi connectivity index (χ4n) is 4.54. The molecule has 0 spiro atoms. The summed E-state index contributed by atoms with van der Waals surface area (Å²) in [5, 5.41) is 15.7. The minimum absolute atomic E-state index is 0.00641. The quantitative estimate of drug-likeness (QED) is 0.0563. The van der Waals surface area contributed by atoms with Crippen LogP contribution in [0.4, 0.5) is 0 Å². The Kier molecular flexibility index (Phi) is 8.79. The number of nitrogens with zero attached hydrogens (tertiary/aromatic N) is 2. The van der Waals surface area contributed by atoms with E-state index < -0.39 is 29.6 Å². The number of nitrogens with two attached hydrogens (primary N) is 5. The van der Waals surface area contributed by atoms with Gasteiger partial charge in [0.1, 0.15) is 11.4 Å². The van der Waals surface area contributed by atoms with Gasteiger partial charge in [0.15, 0.2) is 11.9 Å². The second kappa shape index (κ2) is 12.6. The Balaban J connectivity index is 1.59. The number of amides is 3. The van der Waals surface area contributed by atoms with Gasteiger partial charge in [-0.3, -0.25) is 24.4 Å². The topological polar surface area (TPSA) is 299 Å². The molecule has 0 saturated heterocycles. The molecular weight excluding hydrogens is 558 g/mol. The number of aromatic carboxylic acids is 1. The molecule has 0 bridgehead atoms. The second-order valence-corrected chi connectivity index (χ2v) is 9.57. The molecule has 43 heavy (non-hydrogen) atoms. The summed E-state index contributed by atoms with van der Waals surface area (Å²) in [5.74, 6) is -3.63. The van der Waals surface area contributed by atoms with Crippen molar-refractivity contribution in [3.8, 4) is 0 Å². The van der Waals surface area contributed by atoms with Gasteiger partial charge in [0.2, 0.25) is 0 Å². The lowest BCUT2D eigenvalue weighted by atomic mass is 9.96. The third-order valence-electron chi connectivity index (χ3n) is 6.58. The zero-order chi connectivity index (χ0) is 31.3. The van der Waals surface area contributed by atoms with Crippen molar-refractivity contribution in [2.75, 3.05) is 26.2 Å². The first-order valence-electron chi connectivity index (χ1n) is 12.9. The van der Waals surface area contributed by atoms with E-state index in [1.54, 1.807) is 36.4 Å². The van der Waals surface area contributed by atoms with E-state index in [1.165, 1.54) is 6.07 Å². The minimum Gasteiger partial charge on any atom is -0.477 e. The first-order chi connectivity index (χ1) is 20.4. The molecule has 0 aliphatic heterocycles. The molecule has 15 N–H and O–H groups in total. The molecule has 1 unspecified atom stereocenters. The van der Waals surface area contributed by atoms with Gasteiger partial charge in [-0.25, -0.2) is 4.79 Å². The predicted octanol–water partition coefficient (Wildman–Crippen LogP) is -0.763. The van der Waals surface area contributed by atoms with Crippen molar-refractivity contribution in [1.29, 1.82) is 0 Å². The Labute approximate surface area is 243 Å². The van der Waals surface area contributed by atoms with Gasteiger partial charge in [-0.2, -0.15) is 0 Å². The number of carbonyl (C=O) groups is 4. The van der Waals surface area contributed by atoms with Gasteiger partial charge in [-0.15, -0.1) is 0 Å². The molecule has 2 aromatic heterocycles. The fraction of sp³-hybridized carbons (Fsp3) is 0.185. The summed E-state index contributed by atoms with van der Waals surface area (Å²) in [4.78, 5) is 63.2. The highest BCUT2D eigenvalue weighted by atomic mass is 16.4. The third kappa shape index (κ3) is 6.99. The van der Waals surface area contributed by atoms with E-state index in [1.807, 2.05) is 0 Å². The van der Waals surface area contributed by atoms with Crippen molar-refractivity contribution in [3.05, 3.63) is 70.5 Å². The lowest BCUT2D eigenvalue weighted by Gasteiger charge is -2.17. The van der Waals surface area contributed by atoms with E-state index in [4.69, 9.17) is 28.7 Å². The van der Waals surface area contributed by atoms with Crippen LogP contribution in [0.15, 0.2) is 52.4 Å². The van der Waals surface area contributed by atoms with Crippen LogP contribution >= 0.6 is 0 Å². The summed E-state index contributed by atoms with van der Waals surface area (Å²) in [6.45, 7) is 0.459. The average molecular weight is 590 g/mol. The van der Waals surface area contributed by atoms with E-state index in [0.29, 0.717) is 32.9 Å². The highest BCUT2D eigenvalue weighted by Crippen LogP contribution is 2.27. The fourth-order valence-corrected chi connectivity index (χ4v) is 4.54. The van der Waals surface area contributed by atoms with Crippen molar-refractivity contribution < 1.29 is 24.3 Å². The Morgan fingerprint density at radius 2 is 1.56 bits per heavy atom. The number of primary amides is 1. The number of benzene rings is 2. The number of aromatic nitrogens is 2. The van der Waals surface area contributed by atoms with Crippen LogP contribution in [0.1, 0.15) is 53.2 Å². The molecule has 16 nitrogen and oxygen atoms in total. The first kappa shape index (κ1) is 29.9. The zero-order valence-electron chi connectivity index (χ0n) is 22.8. The number of carbonyl (C=O) groups excluding carboxylic acids is 3. The lowest BCUT2D eigenvalue weighted by molar-refractivity contribution is 0.0690. The highest BCUT2D eigenvalue weighted by molar-refractivity contribution is 6.15. The van der Waals surface area contributed by atoms with Crippen LogP contribution in [0.25, 0.3) is 21.8 Å². The van der Waals surface area contributed by atoms with Gasteiger partial charge in [0.05, 0.1) is 18.7 Å². The average Bonchev–Trinajstić information content (AvgIpc) is 3.56. The van der Waals surface area contributed by atoms with Crippen LogP contribution in [0.2, 0.25) is 0 Å². The number of H-pyrrole nitrogens is 2. The predicted molar refractivity (Wildman–Crippen MR) is 161 cm³/mol. The van der Waals surface area contributed by atoms with Gasteiger partial charge >= 0.3 is 5.97 Å². The molecule has 2 heterocycles. The smallest absolute Gasteiger partial charge is 0.352 e. The van der Waals surface area contributed by atoms with Crippen LogP contribution in [-0.2, 0) is 0 Å². The third-order valence-corrected chi connectivity index (χ3v) is 6.58. The summed E-state index contributed by atoms with van der Waals surface area (Å²) in [6.07, 6.45) is 0. The number of nitrogens with one attached hydrogen (secondary N) is 4. The first-order valence-corrected chi connectivity index (χ1v) is 12.9. The summed E-state index contributed by atoms with van der Waals surface area (Å²) in [7, 11) is 0. The highest BCUT2D eigenvalue weighted by Gasteiger charge is 2.23. The number of hydrogen-bond acceptors (Lipinski definition) is 6. The van der Waals surface area contributed by atoms with Crippen molar-refractivity contribution >= 4 is 57.4 Å². The molecule has 3 amide bonds. The maximum absolute atomic E-state index is 13.0.